The van der Waals surface area contributed by atoms with E-state index in [2.05, 4.69) is 35.8 Å². The number of halogens is 1. The lowest BCUT2D eigenvalue weighted by atomic mass is 9.91. The Morgan fingerprint density at radius 1 is 1.16 bits per heavy atom. The van der Waals surface area contributed by atoms with Gasteiger partial charge in [-0.05, 0) is 53.4 Å². The van der Waals surface area contributed by atoms with Crippen LogP contribution in [0.5, 0.6) is 11.5 Å². The third-order valence-corrected chi connectivity index (χ3v) is 5.86. The molecular weight excluding hydrogens is 454 g/mol. The maximum Gasteiger partial charge on any atom is 0.170 e. The number of benzene rings is 3. The maximum absolute atomic E-state index is 12.9. The fourth-order valence-electron chi connectivity index (χ4n) is 3.79. The number of ether oxygens (including phenoxy) is 2. The van der Waals surface area contributed by atoms with Crippen molar-refractivity contribution in [1.29, 1.82) is 5.26 Å². The molecule has 4 nitrogen and oxygen atoms in total. The third kappa shape index (κ3) is 4.50. The summed E-state index contributed by atoms with van der Waals surface area (Å²) in [5, 5.41) is 8.96. The van der Waals surface area contributed by atoms with Gasteiger partial charge in [0.2, 0.25) is 0 Å². The Kier molecular flexibility index (Phi) is 6.11. The molecule has 4 rings (SSSR count). The molecule has 0 spiro atoms. The van der Waals surface area contributed by atoms with Crippen LogP contribution in [0.4, 0.5) is 0 Å². The first-order chi connectivity index (χ1) is 15.0. The Morgan fingerprint density at radius 2 is 1.94 bits per heavy atom. The monoisotopic (exact) mass is 475 g/mol. The Hall–Kier alpha value is -3.10. The van der Waals surface area contributed by atoms with Crippen LogP contribution in [0.1, 0.15) is 64.9 Å². The second-order valence-corrected chi connectivity index (χ2v) is 8.81. The van der Waals surface area contributed by atoms with Crippen LogP contribution in [0.15, 0.2) is 65.1 Å². The summed E-state index contributed by atoms with van der Waals surface area (Å²) in [6.07, 6.45) is -0.0179. The number of nitriles is 1. The smallest absolute Gasteiger partial charge is 0.170 e. The van der Waals surface area contributed by atoms with Crippen LogP contribution < -0.4 is 9.47 Å². The summed E-state index contributed by atoms with van der Waals surface area (Å²) in [6.45, 7) is 4.51. The molecule has 156 valence electrons. The summed E-state index contributed by atoms with van der Waals surface area (Å²) in [6, 6.07) is 21.0. The van der Waals surface area contributed by atoms with Gasteiger partial charge in [-0.1, -0.05) is 54.0 Å². The number of rotatable bonds is 5. The van der Waals surface area contributed by atoms with E-state index in [0.717, 1.165) is 21.2 Å². The van der Waals surface area contributed by atoms with Gasteiger partial charge in [0.25, 0.3) is 0 Å². The normalized spacial score (nSPS) is 15.2. The number of fused-ring (bicyclic) bond motifs is 1. The van der Waals surface area contributed by atoms with Crippen molar-refractivity contribution in [2.45, 2.75) is 38.9 Å². The molecule has 0 bridgehead atoms. The summed E-state index contributed by atoms with van der Waals surface area (Å²) < 4.78 is 13.5. The Balaban J connectivity index is 1.65. The van der Waals surface area contributed by atoms with Crippen LogP contribution >= 0.6 is 15.9 Å². The highest BCUT2D eigenvalue weighted by Gasteiger charge is 2.32. The van der Waals surface area contributed by atoms with E-state index in [0.29, 0.717) is 35.7 Å². The van der Waals surface area contributed by atoms with E-state index in [9.17, 15) is 4.79 Å². The second-order valence-electron chi connectivity index (χ2n) is 7.89. The van der Waals surface area contributed by atoms with Gasteiger partial charge in [-0.25, -0.2) is 0 Å². The van der Waals surface area contributed by atoms with Gasteiger partial charge >= 0.3 is 0 Å². The summed E-state index contributed by atoms with van der Waals surface area (Å²) >= 11 is 3.50. The number of hydrogen-bond donors (Lipinski definition) is 0. The molecule has 5 heteroatoms. The maximum atomic E-state index is 12.9. The average Bonchev–Trinajstić information content (AvgIpc) is 2.77. The predicted molar refractivity (Wildman–Crippen MR) is 122 cm³/mol. The number of ketones is 1. The van der Waals surface area contributed by atoms with Gasteiger partial charge in [0.1, 0.15) is 24.2 Å². The van der Waals surface area contributed by atoms with Crippen LogP contribution in [0.3, 0.4) is 0 Å². The summed E-state index contributed by atoms with van der Waals surface area (Å²) in [5.41, 5.74) is 4.06. The average molecular weight is 476 g/mol. The highest BCUT2D eigenvalue weighted by atomic mass is 79.9. The molecule has 1 unspecified atom stereocenters. The molecule has 1 aliphatic rings. The molecule has 1 aliphatic heterocycles. The molecule has 0 aliphatic carbocycles. The summed E-state index contributed by atoms with van der Waals surface area (Å²) in [4.78, 5) is 12.9. The fraction of sp³-hybridized carbons (Fsp3) is 0.231. The van der Waals surface area contributed by atoms with Crippen LogP contribution in [-0.2, 0) is 6.61 Å². The lowest BCUT2D eigenvalue weighted by Gasteiger charge is -2.29. The molecule has 3 aromatic rings. The molecule has 1 atom stereocenters. The largest absolute Gasteiger partial charge is 0.488 e. The quantitative estimate of drug-likeness (QED) is 0.410. The summed E-state index contributed by atoms with van der Waals surface area (Å²) in [5.74, 6) is 1.51. The summed E-state index contributed by atoms with van der Waals surface area (Å²) in [7, 11) is 0. The van der Waals surface area contributed by atoms with Gasteiger partial charge in [0, 0.05) is 10.0 Å². The first-order valence-electron chi connectivity index (χ1n) is 10.2. The number of carbonyl (C=O) groups is 1. The Morgan fingerprint density at radius 3 is 2.61 bits per heavy atom. The van der Waals surface area contributed by atoms with Crippen molar-refractivity contribution < 1.29 is 14.3 Å². The van der Waals surface area contributed by atoms with Crippen molar-refractivity contribution in [2.75, 3.05) is 0 Å². The Bertz CT molecular complexity index is 1160. The predicted octanol–water partition coefficient (Wildman–Crippen LogP) is 6.73. The van der Waals surface area contributed by atoms with Crippen molar-refractivity contribution in [3.05, 3.63) is 93.0 Å². The number of carbonyl (C=O) groups excluding carboxylic acids is 1. The highest BCUT2D eigenvalue weighted by molar-refractivity contribution is 9.10. The zero-order valence-corrected chi connectivity index (χ0v) is 19.0. The van der Waals surface area contributed by atoms with Crippen LogP contribution in [0.25, 0.3) is 0 Å². The van der Waals surface area contributed by atoms with Gasteiger partial charge in [-0.15, -0.1) is 0 Å². The molecule has 0 amide bonds. The van der Waals surface area contributed by atoms with Crippen molar-refractivity contribution >= 4 is 21.7 Å². The topological polar surface area (TPSA) is 59.3 Å². The highest BCUT2D eigenvalue weighted by Crippen LogP contribution is 2.44. The molecular formula is C26H22BrNO3. The molecule has 0 aromatic heterocycles. The van der Waals surface area contributed by atoms with E-state index in [4.69, 9.17) is 14.7 Å². The van der Waals surface area contributed by atoms with Gasteiger partial charge in [0.05, 0.1) is 23.6 Å². The number of hydrogen-bond acceptors (Lipinski definition) is 4. The van der Waals surface area contributed by atoms with Crippen LogP contribution in [-0.4, -0.2) is 5.78 Å². The lowest BCUT2D eigenvalue weighted by molar-refractivity contribution is 0.0846. The number of nitrogens with zero attached hydrogens (tertiary/aromatic N) is 1. The molecule has 1 heterocycles. The van der Waals surface area contributed by atoms with Crippen molar-refractivity contribution in [3.8, 4) is 17.6 Å². The van der Waals surface area contributed by atoms with Gasteiger partial charge in [-0.2, -0.15) is 5.26 Å². The van der Waals surface area contributed by atoms with E-state index in [1.54, 1.807) is 18.2 Å². The second kappa shape index (κ2) is 8.95. The first-order valence-corrected chi connectivity index (χ1v) is 11.0. The zero-order valence-electron chi connectivity index (χ0n) is 17.4. The van der Waals surface area contributed by atoms with E-state index in [1.165, 1.54) is 0 Å². The van der Waals surface area contributed by atoms with Gasteiger partial charge in [-0.3, -0.25) is 4.79 Å². The first kappa shape index (κ1) is 21.1. The van der Waals surface area contributed by atoms with Crippen molar-refractivity contribution in [3.63, 3.8) is 0 Å². The van der Waals surface area contributed by atoms with Crippen molar-refractivity contribution in [1.82, 2.24) is 0 Å². The van der Waals surface area contributed by atoms with Crippen LogP contribution in [0.2, 0.25) is 0 Å². The van der Waals surface area contributed by atoms with Gasteiger partial charge < -0.3 is 9.47 Å². The van der Waals surface area contributed by atoms with Crippen molar-refractivity contribution in [2.24, 2.45) is 0 Å². The Labute approximate surface area is 190 Å². The molecule has 31 heavy (non-hydrogen) atoms. The SMILES string of the molecule is CC(C)c1c(OCc2ccc(C#N)cc2)ccc2c1OC(c1cccc(Br)c1)CC2=O. The fourth-order valence-corrected chi connectivity index (χ4v) is 4.21. The minimum absolute atomic E-state index is 0.0757. The molecule has 0 radical (unpaired) electrons. The van der Waals surface area contributed by atoms with Gasteiger partial charge in [0.15, 0.2) is 5.78 Å². The molecule has 0 saturated heterocycles. The van der Waals surface area contributed by atoms with E-state index in [-0.39, 0.29) is 17.8 Å². The van der Waals surface area contributed by atoms with E-state index in [1.807, 2.05) is 42.5 Å². The lowest BCUT2D eigenvalue weighted by Crippen LogP contribution is -2.22. The molecule has 0 N–H and O–H groups in total. The molecule has 0 saturated carbocycles. The van der Waals surface area contributed by atoms with E-state index >= 15 is 0 Å². The minimum Gasteiger partial charge on any atom is -0.488 e. The standard InChI is InChI=1S/C26H22BrNO3/c1-16(2)25-23(30-15-18-8-6-17(14-28)7-9-18)11-10-21-22(29)13-24(31-26(21)25)19-4-3-5-20(27)12-19/h3-12,16,24H,13,15H2,1-2H3. The van der Waals surface area contributed by atoms with E-state index < -0.39 is 0 Å². The number of Topliss-reactive ketones (excluding diaryl/α,β-unsaturated/α-hetero) is 1. The molecule has 3 aromatic carbocycles. The zero-order chi connectivity index (χ0) is 22.0. The van der Waals surface area contributed by atoms with Crippen LogP contribution in [0, 0.1) is 11.3 Å². The third-order valence-electron chi connectivity index (χ3n) is 5.36. The molecule has 0 fully saturated rings. The minimum atomic E-state index is -0.330.